The summed E-state index contributed by atoms with van der Waals surface area (Å²) in [4.78, 5) is 25.5. The number of hydrogen-bond donors (Lipinski definition) is 0. The Bertz CT molecular complexity index is 686. The van der Waals surface area contributed by atoms with Crippen LogP contribution in [0.5, 0.6) is 0 Å². The van der Waals surface area contributed by atoms with Gasteiger partial charge in [-0.15, -0.1) is 0 Å². The number of imide groups is 1. The molecule has 0 aliphatic carbocycles. The molecule has 0 radical (unpaired) electrons. The monoisotopic (exact) mass is 269 g/mol. The molecule has 0 saturated heterocycles. The number of likely N-dealkylation sites (N-methyl/N-ethyl adjacent to an activating group) is 1. The van der Waals surface area contributed by atoms with Crippen LogP contribution in [-0.4, -0.2) is 27.8 Å². The summed E-state index contributed by atoms with van der Waals surface area (Å²) in [5.74, 6) is -0.864. The number of hydrogen-bond acceptors (Lipinski definition) is 3. The lowest BCUT2D eigenvalue weighted by atomic mass is 9.94. The smallest absolute Gasteiger partial charge is 0.271 e. The Kier molecular flexibility index (Phi) is 3.57. The highest BCUT2D eigenvalue weighted by Gasteiger charge is 2.34. The van der Waals surface area contributed by atoms with Crippen molar-refractivity contribution in [2.75, 3.05) is 6.54 Å². The van der Waals surface area contributed by atoms with Gasteiger partial charge in [-0.3, -0.25) is 14.5 Å². The standard InChI is InChI=1S/C15H15N3O2/c1-4-18-14(19)12(8-11-6-5-7-17(11)3)10(2)13(9-16)15(18)20/h5-8H,4H2,1-3H3/b12-8-. The van der Waals surface area contributed by atoms with Crippen LogP contribution in [0.4, 0.5) is 0 Å². The van der Waals surface area contributed by atoms with E-state index in [1.807, 2.05) is 36.0 Å². The van der Waals surface area contributed by atoms with Gasteiger partial charge in [0, 0.05) is 31.1 Å². The lowest BCUT2D eigenvalue weighted by Gasteiger charge is -2.26. The largest absolute Gasteiger partial charge is 0.351 e. The fraction of sp³-hybridized carbons (Fsp3) is 0.267. The fourth-order valence-corrected chi connectivity index (χ4v) is 2.19. The van der Waals surface area contributed by atoms with Gasteiger partial charge in [0.25, 0.3) is 11.8 Å². The summed E-state index contributed by atoms with van der Waals surface area (Å²) in [6, 6.07) is 5.64. The maximum atomic E-state index is 12.4. The minimum atomic E-state index is -0.512. The van der Waals surface area contributed by atoms with Gasteiger partial charge in [-0.05, 0) is 37.6 Å². The Morgan fingerprint density at radius 1 is 1.35 bits per heavy atom. The van der Waals surface area contributed by atoms with Crippen LogP contribution in [0.3, 0.4) is 0 Å². The average molecular weight is 269 g/mol. The third-order valence-electron chi connectivity index (χ3n) is 3.42. The molecule has 0 unspecified atom stereocenters. The van der Waals surface area contributed by atoms with Crippen LogP contribution in [0, 0.1) is 11.3 Å². The fourth-order valence-electron chi connectivity index (χ4n) is 2.19. The number of nitrogens with zero attached hydrogens (tertiary/aromatic N) is 3. The Morgan fingerprint density at radius 2 is 2.05 bits per heavy atom. The lowest BCUT2D eigenvalue weighted by Crippen LogP contribution is -2.42. The highest BCUT2D eigenvalue weighted by Crippen LogP contribution is 2.26. The van der Waals surface area contributed by atoms with Crippen LogP contribution >= 0.6 is 0 Å². The Morgan fingerprint density at radius 3 is 2.55 bits per heavy atom. The SMILES string of the molecule is CCN1C(=O)C(C#N)=C(C)/C(=C/c2cccn2C)C1=O. The molecule has 0 aromatic carbocycles. The second-order valence-electron chi connectivity index (χ2n) is 4.57. The van der Waals surface area contributed by atoms with Gasteiger partial charge >= 0.3 is 0 Å². The molecule has 0 atom stereocenters. The second kappa shape index (κ2) is 5.17. The molecule has 5 heteroatoms. The number of rotatable bonds is 2. The van der Waals surface area contributed by atoms with Gasteiger partial charge in [0.15, 0.2) is 0 Å². The van der Waals surface area contributed by atoms with E-state index in [-0.39, 0.29) is 18.0 Å². The number of carbonyl (C=O) groups is 2. The zero-order chi connectivity index (χ0) is 14.9. The number of carbonyl (C=O) groups excluding carboxylic acids is 2. The third-order valence-corrected chi connectivity index (χ3v) is 3.42. The minimum Gasteiger partial charge on any atom is -0.351 e. The van der Waals surface area contributed by atoms with E-state index in [4.69, 9.17) is 5.26 Å². The predicted octanol–water partition coefficient (Wildman–Crippen LogP) is 1.64. The van der Waals surface area contributed by atoms with E-state index in [0.717, 1.165) is 10.6 Å². The van der Waals surface area contributed by atoms with E-state index < -0.39 is 5.91 Å². The molecule has 2 rings (SSSR count). The number of aromatic nitrogens is 1. The van der Waals surface area contributed by atoms with Crippen LogP contribution in [0.1, 0.15) is 19.5 Å². The molecule has 0 fully saturated rings. The van der Waals surface area contributed by atoms with E-state index in [1.54, 1.807) is 19.9 Å². The molecule has 1 aromatic rings. The zero-order valence-corrected chi connectivity index (χ0v) is 11.7. The van der Waals surface area contributed by atoms with Gasteiger partial charge in [0.1, 0.15) is 11.6 Å². The molecular formula is C15H15N3O2. The topological polar surface area (TPSA) is 66.1 Å². The van der Waals surface area contributed by atoms with E-state index in [2.05, 4.69) is 0 Å². The predicted molar refractivity (Wildman–Crippen MR) is 74.1 cm³/mol. The van der Waals surface area contributed by atoms with Gasteiger partial charge in [-0.2, -0.15) is 5.26 Å². The molecule has 2 amide bonds. The average Bonchev–Trinajstić information content (AvgIpc) is 2.81. The summed E-state index contributed by atoms with van der Waals surface area (Å²) >= 11 is 0. The third kappa shape index (κ3) is 2.05. The molecular weight excluding hydrogens is 254 g/mol. The highest BCUT2D eigenvalue weighted by atomic mass is 16.2. The molecule has 102 valence electrons. The Hall–Kier alpha value is -2.61. The molecule has 5 nitrogen and oxygen atoms in total. The van der Waals surface area contributed by atoms with Crippen molar-refractivity contribution in [3.63, 3.8) is 0 Å². The quantitative estimate of drug-likeness (QED) is 0.605. The zero-order valence-electron chi connectivity index (χ0n) is 11.7. The normalized spacial score (nSPS) is 17.9. The Balaban J connectivity index is 2.62. The van der Waals surface area contributed by atoms with Crippen molar-refractivity contribution in [3.8, 4) is 6.07 Å². The molecule has 1 aliphatic rings. The lowest BCUT2D eigenvalue weighted by molar-refractivity contribution is -0.140. The van der Waals surface area contributed by atoms with Crippen molar-refractivity contribution >= 4 is 17.9 Å². The van der Waals surface area contributed by atoms with Crippen molar-refractivity contribution in [1.29, 1.82) is 5.26 Å². The van der Waals surface area contributed by atoms with E-state index in [0.29, 0.717) is 11.1 Å². The molecule has 20 heavy (non-hydrogen) atoms. The molecule has 0 bridgehead atoms. The maximum absolute atomic E-state index is 12.4. The van der Waals surface area contributed by atoms with Gasteiger partial charge in [0.2, 0.25) is 0 Å². The first-order valence-electron chi connectivity index (χ1n) is 6.31. The van der Waals surface area contributed by atoms with E-state index in [1.165, 1.54) is 0 Å². The number of nitriles is 1. The first-order chi connectivity index (χ1) is 9.51. The molecule has 2 heterocycles. The van der Waals surface area contributed by atoms with Crippen LogP contribution in [0.25, 0.3) is 6.08 Å². The number of aryl methyl sites for hydroxylation is 1. The molecule has 0 saturated carbocycles. The summed E-state index contributed by atoms with van der Waals surface area (Å²) in [6.45, 7) is 3.60. The summed E-state index contributed by atoms with van der Waals surface area (Å²) in [5.41, 5.74) is 1.71. The summed E-state index contributed by atoms with van der Waals surface area (Å²) in [6.07, 6.45) is 3.58. The minimum absolute atomic E-state index is 0.0342. The number of amides is 2. The van der Waals surface area contributed by atoms with Crippen LogP contribution in [-0.2, 0) is 16.6 Å². The van der Waals surface area contributed by atoms with Crippen molar-refractivity contribution < 1.29 is 9.59 Å². The Labute approximate surface area is 117 Å². The van der Waals surface area contributed by atoms with Crippen molar-refractivity contribution in [2.45, 2.75) is 13.8 Å². The maximum Gasteiger partial charge on any atom is 0.271 e. The van der Waals surface area contributed by atoms with E-state index >= 15 is 0 Å². The van der Waals surface area contributed by atoms with Crippen LogP contribution in [0.2, 0.25) is 0 Å². The van der Waals surface area contributed by atoms with E-state index in [9.17, 15) is 9.59 Å². The first kappa shape index (κ1) is 13.8. The second-order valence-corrected chi connectivity index (χ2v) is 4.57. The first-order valence-corrected chi connectivity index (χ1v) is 6.31. The summed E-state index contributed by atoms with van der Waals surface area (Å²) < 4.78 is 1.87. The van der Waals surface area contributed by atoms with Crippen molar-refractivity contribution in [3.05, 3.63) is 40.7 Å². The van der Waals surface area contributed by atoms with Crippen molar-refractivity contribution in [2.24, 2.45) is 7.05 Å². The van der Waals surface area contributed by atoms with Crippen LogP contribution in [0.15, 0.2) is 35.0 Å². The van der Waals surface area contributed by atoms with Gasteiger partial charge in [-0.1, -0.05) is 0 Å². The van der Waals surface area contributed by atoms with Gasteiger partial charge < -0.3 is 4.57 Å². The summed E-state index contributed by atoms with van der Waals surface area (Å²) in [5, 5.41) is 9.13. The van der Waals surface area contributed by atoms with Gasteiger partial charge in [0.05, 0.1) is 0 Å². The van der Waals surface area contributed by atoms with Gasteiger partial charge in [-0.25, -0.2) is 0 Å². The van der Waals surface area contributed by atoms with Crippen molar-refractivity contribution in [1.82, 2.24) is 9.47 Å². The highest BCUT2D eigenvalue weighted by molar-refractivity contribution is 6.19. The molecule has 1 aromatic heterocycles. The molecule has 1 aliphatic heterocycles. The molecule has 0 spiro atoms. The van der Waals surface area contributed by atoms with Crippen LogP contribution < -0.4 is 0 Å². The molecule has 0 N–H and O–H groups in total. The summed E-state index contributed by atoms with van der Waals surface area (Å²) in [7, 11) is 1.87.